The molecule has 0 amide bonds. The maximum absolute atomic E-state index is 4.19. The van der Waals surface area contributed by atoms with E-state index in [2.05, 4.69) is 15.0 Å². The number of nitrogens with zero attached hydrogens (tertiary/aromatic N) is 2. The molecule has 1 heterocycles. The summed E-state index contributed by atoms with van der Waals surface area (Å²) in [7, 11) is 0. The maximum atomic E-state index is 4.19. The van der Waals surface area contributed by atoms with Crippen LogP contribution in [0.2, 0.25) is 0 Å². The molecule has 0 aromatic carbocycles. The number of rotatable bonds is 0. The molecular formula is C3H3N2O2. The summed E-state index contributed by atoms with van der Waals surface area (Å²) in [5, 5.41) is 3.24. The van der Waals surface area contributed by atoms with Crippen molar-refractivity contribution in [3.05, 3.63) is 12.3 Å². The lowest BCUT2D eigenvalue weighted by atomic mass is 10.7. The van der Waals surface area contributed by atoms with Crippen molar-refractivity contribution in [1.29, 1.82) is 0 Å². The molecule has 0 saturated heterocycles. The van der Waals surface area contributed by atoms with Gasteiger partial charge in [0.25, 0.3) is 0 Å². The summed E-state index contributed by atoms with van der Waals surface area (Å²) in [5.41, 5.74) is 0. The highest BCUT2D eigenvalue weighted by atomic mass is 17.3. The Morgan fingerprint density at radius 1 is 1.43 bits per heavy atom. The number of allylic oxidation sites excluding steroid dienone is 1. The van der Waals surface area contributed by atoms with Crippen molar-refractivity contribution in [2.45, 2.75) is 0 Å². The first-order valence-electron chi connectivity index (χ1n) is 1.51. The Labute approximate surface area is 40.9 Å². The van der Waals surface area contributed by atoms with Crippen LogP contribution in [0.4, 0.5) is 0 Å². The SMILES string of the molecule is C1=COON=C1.[N]. The highest BCUT2D eigenvalue weighted by molar-refractivity contribution is 5.70. The van der Waals surface area contributed by atoms with Crippen molar-refractivity contribution in [3.8, 4) is 0 Å². The van der Waals surface area contributed by atoms with Gasteiger partial charge in [-0.2, -0.15) is 4.99 Å². The largest absolute Gasteiger partial charge is 0.275 e. The summed E-state index contributed by atoms with van der Waals surface area (Å²) in [6.07, 6.45) is 4.51. The van der Waals surface area contributed by atoms with Gasteiger partial charge in [-0.05, 0) is 11.2 Å². The van der Waals surface area contributed by atoms with Gasteiger partial charge in [0.15, 0.2) is 0 Å². The van der Waals surface area contributed by atoms with Crippen LogP contribution < -0.4 is 6.15 Å². The smallest absolute Gasteiger partial charge is 0.147 e. The van der Waals surface area contributed by atoms with E-state index in [4.69, 9.17) is 0 Å². The van der Waals surface area contributed by atoms with Gasteiger partial charge < -0.3 is 0 Å². The molecule has 4 nitrogen and oxygen atoms in total. The van der Waals surface area contributed by atoms with Crippen molar-refractivity contribution < 1.29 is 9.88 Å². The second-order valence-corrected chi connectivity index (χ2v) is 0.754. The van der Waals surface area contributed by atoms with Crippen LogP contribution >= 0.6 is 0 Å². The van der Waals surface area contributed by atoms with Crippen LogP contribution in [0.25, 0.3) is 0 Å². The van der Waals surface area contributed by atoms with Crippen molar-refractivity contribution in [2.75, 3.05) is 0 Å². The quantitative estimate of drug-likeness (QED) is 0.400. The summed E-state index contributed by atoms with van der Waals surface area (Å²) in [5.74, 6) is 0. The average molecular weight is 99.1 g/mol. The molecule has 0 fully saturated rings. The third kappa shape index (κ3) is 1.77. The Morgan fingerprint density at radius 3 is 2.43 bits per heavy atom. The van der Waals surface area contributed by atoms with E-state index in [-0.39, 0.29) is 6.15 Å². The van der Waals surface area contributed by atoms with Crippen LogP contribution in [0.3, 0.4) is 0 Å². The Hall–Kier alpha value is -1.03. The second kappa shape index (κ2) is 3.17. The Bertz CT molecular complexity index is 76.9. The molecule has 4 heteroatoms. The first kappa shape index (κ1) is 5.97. The Kier molecular flexibility index (Phi) is 2.70. The Morgan fingerprint density at radius 2 is 2.29 bits per heavy atom. The van der Waals surface area contributed by atoms with E-state index in [1.54, 1.807) is 6.08 Å². The summed E-state index contributed by atoms with van der Waals surface area (Å²) < 4.78 is 0. The van der Waals surface area contributed by atoms with Gasteiger partial charge in [-0.1, -0.05) is 0 Å². The summed E-state index contributed by atoms with van der Waals surface area (Å²) in [6.45, 7) is 0. The van der Waals surface area contributed by atoms with Gasteiger partial charge in [-0.3, -0.25) is 4.89 Å². The van der Waals surface area contributed by atoms with Crippen LogP contribution in [0.1, 0.15) is 0 Å². The Balaban J connectivity index is 0.000000360. The van der Waals surface area contributed by atoms with Gasteiger partial charge >= 0.3 is 0 Å². The van der Waals surface area contributed by atoms with Gasteiger partial charge in [0.1, 0.15) is 6.26 Å². The zero-order valence-electron chi connectivity index (χ0n) is 3.44. The first-order chi connectivity index (χ1) is 3.00. The van der Waals surface area contributed by atoms with Gasteiger partial charge in [0.2, 0.25) is 0 Å². The molecule has 0 atom stereocenters. The highest BCUT2D eigenvalue weighted by Crippen LogP contribution is 1.84. The zero-order chi connectivity index (χ0) is 4.24. The van der Waals surface area contributed by atoms with E-state index in [9.17, 15) is 0 Å². The van der Waals surface area contributed by atoms with Gasteiger partial charge in [-0.15, -0.1) is 0 Å². The standard InChI is InChI=1S/C3H3NO2.N/c1-2-4-6-5-3-1;/h1-3H;. The normalized spacial score (nSPS) is 13.7. The minimum Gasteiger partial charge on any atom is -0.275 e. The van der Waals surface area contributed by atoms with Crippen molar-refractivity contribution >= 4 is 6.21 Å². The molecule has 1 aliphatic heterocycles. The predicted molar refractivity (Wildman–Crippen MR) is 21.9 cm³/mol. The lowest BCUT2D eigenvalue weighted by molar-refractivity contribution is -0.251. The van der Waals surface area contributed by atoms with E-state index in [1.807, 2.05) is 0 Å². The summed E-state index contributed by atoms with van der Waals surface area (Å²) in [4.78, 5) is 8.24. The first-order valence-corrected chi connectivity index (χ1v) is 1.51. The molecule has 0 aromatic heterocycles. The van der Waals surface area contributed by atoms with Crippen LogP contribution in [0, 0.1) is 0 Å². The van der Waals surface area contributed by atoms with E-state index in [0.29, 0.717) is 0 Å². The monoisotopic (exact) mass is 99.0 g/mol. The molecule has 0 aromatic rings. The molecule has 3 radical (unpaired) electrons. The molecule has 1 rings (SSSR count). The molecule has 0 spiro atoms. The lowest BCUT2D eigenvalue weighted by Gasteiger charge is -1.92. The minimum atomic E-state index is 0. The molecule has 37 valence electrons. The third-order valence-electron chi connectivity index (χ3n) is 0.367. The topological polar surface area (TPSA) is 61.3 Å². The summed E-state index contributed by atoms with van der Waals surface area (Å²) in [6, 6.07) is 0. The molecule has 0 N–H and O–H groups in total. The van der Waals surface area contributed by atoms with Crippen LogP contribution in [0.15, 0.2) is 17.5 Å². The average Bonchev–Trinajstić information content (AvgIpc) is 1.72. The van der Waals surface area contributed by atoms with Crippen molar-refractivity contribution in [2.24, 2.45) is 5.16 Å². The molecule has 0 bridgehead atoms. The van der Waals surface area contributed by atoms with Crippen LogP contribution in [-0.4, -0.2) is 6.21 Å². The van der Waals surface area contributed by atoms with Gasteiger partial charge in [0, 0.05) is 6.15 Å². The van der Waals surface area contributed by atoms with E-state index in [0.717, 1.165) is 0 Å². The fraction of sp³-hybridized carbons (Fsp3) is 0. The lowest BCUT2D eigenvalue weighted by Crippen LogP contribution is -1.82. The predicted octanol–water partition coefficient (Wildman–Crippen LogP) is -0.0329. The molecule has 0 unspecified atom stereocenters. The molecule has 0 saturated carbocycles. The van der Waals surface area contributed by atoms with Crippen molar-refractivity contribution in [3.63, 3.8) is 0 Å². The van der Waals surface area contributed by atoms with Gasteiger partial charge in [0.05, 0.1) is 6.21 Å². The molecule has 1 aliphatic rings. The number of hydrogen-bond donors (Lipinski definition) is 0. The van der Waals surface area contributed by atoms with Crippen LogP contribution in [0.5, 0.6) is 0 Å². The van der Waals surface area contributed by atoms with Gasteiger partial charge in [-0.25, -0.2) is 0 Å². The van der Waals surface area contributed by atoms with E-state index in [1.165, 1.54) is 12.5 Å². The highest BCUT2D eigenvalue weighted by Gasteiger charge is 1.77. The maximum Gasteiger partial charge on any atom is 0.147 e. The number of hydrogen-bond acceptors (Lipinski definition) is 3. The molecule has 7 heavy (non-hydrogen) atoms. The number of oxime groups is 1. The molecular weight excluding hydrogens is 96.0 g/mol. The molecule has 0 aliphatic carbocycles. The fourth-order valence-corrected chi connectivity index (χ4v) is 0.177. The van der Waals surface area contributed by atoms with E-state index < -0.39 is 0 Å². The van der Waals surface area contributed by atoms with Crippen LogP contribution in [-0.2, 0) is 9.88 Å². The minimum absolute atomic E-state index is 0. The fourth-order valence-electron chi connectivity index (χ4n) is 0.177. The summed E-state index contributed by atoms with van der Waals surface area (Å²) >= 11 is 0. The van der Waals surface area contributed by atoms with E-state index >= 15 is 0 Å². The zero-order valence-corrected chi connectivity index (χ0v) is 3.44. The second-order valence-electron chi connectivity index (χ2n) is 0.754. The van der Waals surface area contributed by atoms with Crippen molar-refractivity contribution in [1.82, 2.24) is 6.15 Å². The third-order valence-corrected chi connectivity index (χ3v) is 0.367.